The number of ether oxygens (including phenoxy) is 2. The number of alkyl carbamates (subject to hydrolysis) is 1. The molecule has 2 amide bonds. The lowest BCUT2D eigenvalue weighted by Gasteiger charge is -2.29. The van der Waals surface area contributed by atoms with Gasteiger partial charge in [-0.05, 0) is 41.0 Å². The van der Waals surface area contributed by atoms with Gasteiger partial charge >= 0.3 is 12.1 Å². The molecule has 8 heteroatoms. The summed E-state index contributed by atoms with van der Waals surface area (Å²) in [6, 6.07) is 15.2. The monoisotopic (exact) mass is 480 g/mol. The quantitative estimate of drug-likeness (QED) is 0.506. The minimum Gasteiger partial charge on any atom is -0.481 e. The Labute approximate surface area is 205 Å². The summed E-state index contributed by atoms with van der Waals surface area (Å²) < 4.78 is 10.7. The molecule has 1 saturated carbocycles. The summed E-state index contributed by atoms with van der Waals surface area (Å²) in [5.74, 6) is -1.91. The Morgan fingerprint density at radius 2 is 1.63 bits per heavy atom. The molecule has 2 aliphatic carbocycles. The van der Waals surface area contributed by atoms with Crippen molar-refractivity contribution in [3.05, 3.63) is 59.7 Å². The largest absolute Gasteiger partial charge is 0.481 e. The van der Waals surface area contributed by atoms with E-state index in [1.807, 2.05) is 36.4 Å². The molecular weight excluding hydrogens is 448 g/mol. The zero-order valence-electron chi connectivity index (χ0n) is 19.9. The van der Waals surface area contributed by atoms with Crippen molar-refractivity contribution in [3.63, 3.8) is 0 Å². The van der Waals surface area contributed by atoms with Crippen LogP contribution in [0.25, 0.3) is 11.1 Å². The highest BCUT2D eigenvalue weighted by Gasteiger charge is 2.32. The third kappa shape index (κ3) is 5.65. The number of hydrogen-bond acceptors (Lipinski definition) is 5. The van der Waals surface area contributed by atoms with Gasteiger partial charge in [-0.3, -0.25) is 9.59 Å². The summed E-state index contributed by atoms with van der Waals surface area (Å²) in [6.45, 7) is 0.370. The summed E-state index contributed by atoms with van der Waals surface area (Å²) in [6.07, 6.45) is 2.51. The number of amides is 2. The fourth-order valence-electron chi connectivity index (χ4n) is 5.26. The molecule has 186 valence electrons. The van der Waals surface area contributed by atoms with Crippen LogP contribution in [0, 0.1) is 11.8 Å². The maximum atomic E-state index is 12.8. The number of carbonyl (C=O) groups excluding carboxylic acids is 2. The van der Waals surface area contributed by atoms with E-state index in [1.54, 1.807) is 0 Å². The van der Waals surface area contributed by atoms with Gasteiger partial charge in [-0.1, -0.05) is 61.4 Å². The first-order chi connectivity index (χ1) is 17.0. The maximum Gasteiger partial charge on any atom is 0.407 e. The number of benzene rings is 2. The molecule has 0 spiro atoms. The van der Waals surface area contributed by atoms with Crippen LogP contribution in [-0.2, 0) is 19.1 Å². The highest BCUT2D eigenvalue weighted by molar-refractivity contribution is 5.86. The Hall–Kier alpha value is -3.39. The highest BCUT2D eigenvalue weighted by atomic mass is 16.5. The smallest absolute Gasteiger partial charge is 0.407 e. The van der Waals surface area contributed by atoms with E-state index in [4.69, 9.17) is 9.47 Å². The van der Waals surface area contributed by atoms with Crippen molar-refractivity contribution in [2.24, 2.45) is 11.8 Å². The molecule has 2 aliphatic rings. The molecule has 8 nitrogen and oxygen atoms in total. The highest BCUT2D eigenvalue weighted by Crippen LogP contribution is 2.44. The average molecular weight is 481 g/mol. The summed E-state index contributed by atoms with van der Waals surface area (Å²) in [5.41, 5.74) is 4.48. The summed E-state index contributed by atoms with van der Waals surface area (Å²) >= 11 is 0. The second-order valence-corrected chi connectivity index (χ2v) is 9.21. The second-order valence-electron chi connectivity index (χ2n) is 9.21. The number of carbonyl (C=O) groups is 3. The van der Waals surface area contributed by atoms with E-state index in [-0.39, 0.29) is 31.6 Å². The number of methoxy groups -OCH3 is 1. The van der Waals surface area contributed by atoms with Crippen LogP contribution in [0.15, 0.2) is 48.5 Å². The first-order valence-electron chi connectivity index (χ1n) is 12.1. The molecule has 35 heavy (non-hydrogen) atoms. The maximum absolute atomic E-state index is 12.8. The molecule has 0 saturated heterocycles. The van der Waals surface area contributed by atoms with E-state index in [9.17, 15) is 19.5 Å². The van der Waals surface area contributed by atoms with Gasteiger partial charge in [0.1, 0.15) is 12.6 Å². The number of carboxylic acid groups (broad SMARTS) is 1. The Balaban J connectivity index is 1.33. The normalized spacial score (nSPS) is 19.8. The lowest BCUT2D eigenvalue weighted by Crippen LogP contribution is -2.51. The van der Waals surface area contributed by atoms with Gasteiger partial charge in [0, 0.05) is 19.6 Å². The fourth-order valence-corrected chi connectivity index (χ4v) is 5.26. The van der Waals surface area contributed by atoms with Crippen LogP contribution in [-0.4, -0.2) is 56.0 Å². The van der Waals surface area contributed by atoms with Gasteiger partial charge < -0.3 is 25.2 Å². The van der Waals surface area contributed by atoms with E-state index >= 15 is 0 Å². The van der Waals surface area contributed by atoms with Crippen LogP contribution in [0.3, 0.4) is 0 Å². The lowest BCUT2D eigenvalue weighted by molar-refractivity contribution is -0.145. The van der Waals surface area contributed by atoms with E-state index in [1.165, 1.54) is 7.11 Å². The number of rotatable bonds is 9. The number of carboxylic acids is 1. The van der Waals surface area contributed by atoms with Gasteiger partial charge in [0.15, 0.2) is 0 Å². The van der Waals surface area contributed by atoms with Crippen molar-refractivity contribution in [2.45, 2.75) is 37.6 Å². The van der Waals surface area contributed by atoms with Gasteiger partial charge in [0.25, 0.3) is 0 Å². The molecule has 4 rings (SSSR count). The van der Waals surface area contributed by atoms with Crippen LogP contribution in [0.4, 0.5) is 4.79 Å². The predicted molar refractivity (Wildman–Crippen MR) is 130 cm³/mol. The van der Waals surface area contributed by atoms with Gasteiger partial charge in [-0.15, -0.1) is 0 Å². The first kappa shape index (κ1) is 24.7. The molecule has 0 heterocycles. The Morgan fingerprint density at radius 1 is 1.00 bits per heavy atom. The fraction of sp³-hybridized carbons (Fsp3) is 0.444. The Morgan fingerprint density at radius 3 is 2.26 bits per heavy atom. The van der Waals surface area contributed by atoms with Crippen molar-refractivity contribution in [1.82, 2.24) is 10.6 Å². The van der Waals surface area contributed by atoms with Gasteiger partial charge in [-0.25, -0.2) is 4.79 Å². The first-order valence-corrected chi connectivity index (χ1v) is 12.1. The van der Waals surface area contributed by atoms with Crippen LogP contribution in [0.2, 0.25) is 0 Å². The molecule has 0 aliphatic heterocycles. The second kappa shape index (κ2) is 11.4. The molecule has 0 aromatic heterocycles. The predicted octanol–water partition coefficient (Wildman–Crippen LogP) is 3.55. The summed E-state index contributed by atoms with van der Waals surface area (Å²) in [7, 11) is 1.45. The topological polar surface area (TPSA) is 114 Å². The number of aliphatic carboxylic acids is 1. The minimum atomic E-state index is -0.942. The standard InChI is InChI=1S/C27H32N2O6/c1-34-16-24(25(30)28-14-17-8-2-3-9-18(17)26(31)32)29-27(33)35-15-23-21-12-6-4-10-19(21)20-11-5-7-13-22(20)23/h4-7,10-13,17-18,23-24H,2-3,8-9,14-16H2,1H3,(H,28,30)(H,29,33)(H,31,32). The zero-order valence-corrected chi connectivity index (χ0v) is 19.9. The minimum absolute atomic E-state index is 0.0247. The Kier molecular flexibility index (Phi) is 8.02. The SMILES string of the molecule is COCC(NC(=O)OCC1c2ccccc2-c2ccccc21)C(=O)NCC1CCCCC1C(=O)O. The van der Waals surface area contributed by atoms with Crippen molar-refractivity contribution < 1.29 is 29.0 Å². The van der Waals surface area contributed by atoms with E-state index in [0.717, 1.165) is 41.5 Å². The molecule has 3 unspecified atom stereocenters. The van der Waals surface area contributed by atoms with Crippen LogP contribution >= 0.6 is 0 Å². The molecule has 3 atom stereocenters. The van der Waals surface area contributed by atoms with Crippen molar-refractivity contribution in [2.75, 3.05) is 26.9 Å². The van der Waals surface area contributed by atoms with Crippen LogP contribution in [0.5, 0.6) is 0 Å². The Bertz CT molecular complexity index is 1030. The van der Waals surface area contributed by atoms with E-state index in [2.05, 4.69) is 22.8 Å². The molecule has 3 N–H and O–H groups in total. The van der Waals surface area contributed by atoms with Gasteiger partial charge in [0.05, 0.1) is 12.5 Å². The molecule has 0 radical (unpaired) electrons. The van der Waals surface area contributed by atoms with E-state index < -0.39 is 29.9 Å². The van der Waals surface area contributed by atoms with Crippen LogP contribution in [0.1, 0.15) is 42.7 Å². The third-order valence-corrected chi connectivity index (χ3v) is 7.05. The number of nitrogens with one attached hydrogen (secondary N) is 2. The molecule has 2 aromatic rings. The lowest BCUT2D eigenvalue weighted by atomic mass is 9.79. The summed E-state index contributed by atoms with van der Waals surface area (Å²) in [5, 5.41) is 14.8. The van der Waals surface area contributed by atoms with E-state index in [0.29, 0.717) is 6.42 Å². The third-order valence-electron chi connectivity index (χ3n) is 7.05. The zero-order chi connectivity index (χ0) is 24.8. The van der Waals surface area contributed by atoms with Crippen molar-refractivity contribution in [3.8, 4) is 11.1 Å². The van der Waals surface area contributed by atoms with Crippen LogP contribution < -0.4 is 10.6 Å². The summed E-state index contributed by atoms with van der Waals surface area (Å²) in [4.78, 5) is 36.9. The average Bonchev–Trinajstić information content (AvgIpc) is 3.19. The molecule has 2 aromatic carbocycles. The van der Waals surface area contributed by atoms with Gasteiger partial charge in [0.2, 0.25) is 5.91 Å². The molecular formula is C27H32N2O6. The number of hydrogen-bond donors (Lipinski definition) is 3. The molecule has 0 bridgehead atoms. The van der Waals surface area contributed by atoms with Gasteiger partial charge in [-0.2, -0.15) is 0 Å². The van der Waals surface area contributed by atoms with Crippen molar-refractivity contribution in [1.29, 1.82) is 0 Å². The number of fused-ring (bicyclic) bond motifs is 3. The van der Waals surface area contributed by atoms with Crippen molar-refractivity contribution >= 4 is 18.0 Å². The molecule has 1 fully saturated rings.